The second kappa shape index (κ2) is 5.92. The highest BCUT2D eigenvalue weighted by Crippen LogP contribution is 2.29. The lowest BCUT2D eigenvalue weighted by atomic mass is 9.88. The Balaban J connectivity index is 1.66. The van der Waals surface area contributed by atoms with Gasteiger partial charge >= 0.3 is 5.95 Å². The maximum absolute atomic E-state index is 12.1. The maximum Gasteiger partial charge on any atom is 0.490 e. The number of carbonyl (C=O) groups excluding carboxylic acids is 1. The Morgan fingerprint density at radius 3 is 3.05 bits per heavy atom. The second-order valence-corrected chi connectivity index (χ2v) is 5.21. The van der Waals surface area contributed by atoms with Gasteiger partial charge in [-0.15, -0.1) is 0 Å². The Kier molecular flexibility index (Phi) is 3.82. The van der Waals surface area contributed by atoms with E-state index >= 15 is 0 Å². The van der Waals surface area contributed by atoms with Gasteiger partial charge in [0.2, 0.25) is 12.2 Å². The van der Waals surface area contributed by atoms with Crippen LogP contribution in [0, 0.1) is 10.1 Å². The number of aromatic nitrogens is 3. The van der Waals surface area contributed by atoms with Crippen LogP contribution in [0.15, 0.2) is 30.6 Å². The van der Waals surface area contributed by atoms with E-state index in [4.69, 9.17) is 0 Å². The van der Waals surface area contributed by atoms with Crippen LogP contribution in [0.25, 0.3) is 0 Å². The van der Waals surface area contributed by atoms with Gasteiger partial charge in [-0.05, 0) is 35.3 Å². The third-order valence-corrected chi connectivity index (χ3v) is 3.70. The Morgan fingerprint density at radius 2 is 2.27 bits per heavy atom. The van der Waals surface area contributed by atoms with Gasteiger partial charge in [0.1, 0.15) is 6.54 Å². The zero-order valence-electron chi connectivity index (χ0n) is 11.8. The first-order chi connectivity index (χ1) is 10.6. The van der Waals surface area contributed by atoms with Gasteiger partial charge in [-0.1, -0.05) is 29.2 Å². The molecule has 1 atom stereocenters. The summed E-state index contributed by atoms with van der Waals surface area (Å²) in [6.07, 6.45) is 4.13. The van der Waals surface area contributed by atoms with Crippen LogP contribution in [-0.4, -0.2) is 25.6 Å². The van der Waals surface area contributed by atoms with Crippen molar-refractivity contribution in [2.75, 3.05) is 0 Å². The Hall–Kier alpha value is -2.77. The summed E-state index contributed by atoms with van der Waals surface area (Å²) in [7, 11) is 0. The van der Waals surface area contributed by atoms with Crippen molar-refractivity contribution in [2.24, 2.45) is 0 Å². The van der Waals surface area contributed by atoms with Crippen LogP contribution in [0.3, 0.4) is 0 Å². The number of hydrogen-bond donors (Lipinski definition) is 1. The molecule has 22 heavy (non-hydrogen) atoms. The molecule has 0 bridgehead atoms. The van der Waals surface area contributed by atoms with Crippen LogP contribution in [0.5, 0.6) is 0 Å². The number of rotatable bonds is 4. The minimum absolute atomic E-state index is 0.0176. The predicted molar refractivity (Wildman–Crippen MR) is 76.9 cm³/mol. The Labute approximate surface area is 126 Å². The van der Waals surface area contributed by atoms with Crippen LogP contribution in [0.4, 0.5) is 5.95 Å². The molecule has 1 amide bonds. The van der Waals surface area contributed by atoms with Gasteiger partial charge in [-0.2, -0.15) is 4.68 Å². The number of aryl methyl sites for hydroxylation is 1. The first-order valence-corrected chi connectivity index (χ1v) is 7.04. The van der Waals surface area contributed by atoms with Crippen molar-refractivity contribution in [1.82, 2.24) is 20.1 Å². The van der Waals surface area contributed by atoms with E-state index in [1.807, 2.05) is 18.2 Å². The first kappa shape index (κ1) is 14.2. The van der Waals surface area contributed by atoms with E-state index < -0.39 is 10.9 Å². The van der Waals surface area contributed by atoms with E-state index in [1.54, 1.807) is 0 Å². The topological polar surface area (TPSA) is 103 Å². The Morgan fingerprint density at radius 1 is 1.45 bits per heavy atom. The third-order valence-electron chi connectivity index (χ3n) is 3.70. The average Bonchev–Trinajstić information content (AvgIpc) is 2.96. The van der Waals surface area contributed by atoms with Gasteiger partial charge in [0, 0.05) is 5.10 Å². The number of amides is 1. The summed E-state index contributed by atoms with van der Waals surface area (Å²) in [6.45, 7) is -0.0838. The largest absolute Gasteiger partial charge is 0.490 e. The van der Waals surface area contributed by atoms with Gasteiger partial charge in [0.25, 0.3) is 0 Å². The van der Waals surface area contributed by atoms with Crippen molar-refractivity contribution >= 4 is 11.9 Å². The molecule has 0 saturated carbocycles. The average molecular weight is 301 g/mol. The molecular formula is C14H15N5O3. The normalized spacial score (nSPS) is 16.8. The molecule has 1 aliphatic carbocycles. The molecule has 1 N–H and O–H groups in total. The number of nitro groups is 1. The molecule has 1 aliphatic rings. The van der Waals surface area contributed by atoms with Crippen molar-refractivity contribution in [3.8, 4) is 0 Å². The van der Waals surface area contributed by atoms with Gasteiger partial charge < -0.3 is 15.4 Å². The minimum atomic E-state index is -0.689. The molecule has 0 unspecified atom stereocenters. The molecule has 8 heteroatoms. The number of nitrogens with zero attached hydrogens (tertiary/aromatic N) is 4. The molecule has 1 heterocycles. The number of benzene rings is 1. The van der Waals surface area contributed by atoms with Crippen LogP contribution >= 0.6 is 0 Å². The lowest BCUT2D eigenvalue weighted by molar-refractivity contribution is -0.394. The standard InChI is InChI=1S/C14H15N5O3/c20-13(8-18-9-15-14(17-18)19(21)22)16-12-7-3-5-10-4-1-2-6-11(10)12/h1-2,4,6,9,12H,3,5,7-8H2,(H,16,20)/t12-/m0/s1. The van der Waals surface area contributed by atoms with E-state index in [0.29, 0.717) is 0 Å². The molecule has 1 aromatic heterocycles. The molecule has 0 saturated heterocycles. The lowest BCUT2D eigenvalue weighted by Crippen LogP contribution is -2.33. The monoisotopic (exact) mass is 301 g/mol. The molecular weight excluding hydrogens is 286 g/mol. The van der Waals surface area contributed by atoms with Crippen molar-refractivity contribution in [3.63, 3.8) is 0 Å². The molecule has 0 radical (unpaired) electrons. The smallest absolute Gasteiger partial charge is 0.390 e. The molecule has 0 spiro atoms. The summed E-state index contributed by atoms with van der Waals surface area (Å²) in [5.41, 5.74) is 2.40. The molecule has 3 rings (SSSR count). The zero-order valence-corrected chi connectivity index (χ0v) is 11.8. The van der Waals surface area contributed by atoms with E-state index in [1.165, 1.54) is 16.6 Å². The van der Waals surface area contributed by atoms with Crippen LogP contribution in [0.2, 0.25) is 0 Å². The van der Waals surface area contributed by atoms with Crippen LogP contribution in [0.1, 0.15) is 30.0 Å². The molecule has 2 aromatic rings. The van der Waals surface area contributed by atoms with E-state index in [-0.39, 0.29) is 18.5 Å². The van der Waals surface area contributed by atoms with Crippen molar-refractivity contribution in [3.05, 3.63) is 51.8 Å². The SMILES string of the molecule is O=C(Cn1cnc([N+](=O)[O-])n1)N[C@H]1CCCc2ccccc21. The van der Waals surface area contributed by atoms with Crippen LogP contribution < -0.4 is 5.32 Å². The fourth-order valence-electron chi connectivity index (χ4n) is 2.74. The number of hydrogen-bond acceptors (Lipinski definition) is 5. The molecule has 114 valence electrons. The summed E-state index contributed by atoms with van der Waals surface area (Å²) >= 11 is 0. The number of fused-ring (bicyclic) bond motifs is 1. The molecule has 0 aliphatic heterocycles. The second-order valence-electron chi connectivity index (χ2n) is 5.21. The predicted octanol–water partition coefficient (Wildman–Crippen LogP) is 1.38. The molecule has 8 nitrogen and oxygen atoms in total. The van der Waals surface area contributed by atoms with Crippen molar-refractivity contribution < 1.29 is 9.72 Å². The summed E-state index contributed by atoms with van der Waals surface area (Å²) in [4.78, 5) is 25.5. The summed E-state index contributed by atoms with van der Waals surface area (Å²) in [5, 5.41) is 17.1. The highest BCUT2D eigenvalue weighted by Gasteiger charge is 2.22. The van der Waals surface area contributed by atoms with Crippen LogP contribution in [-0.2, 0) is 17.8 Å². The first-order valence-electron chi connectivity index (χ1n) is 7.04. The fraction of sp³-hybridized carbons (Fsp3) is 0.357. The summed E-state index contributed by atoms with van der Waals surface area (Å²) in [5.74, 6) is -0.739. The van der Waals surface area contributed by atoms with E-state index in [9.17, 15) is 14.9 Å². The number of nitrogens with one attached hydrogen (secondary N) is 1. The van der Waals surface area contributed by atoms with Crippen molar-refractivity contribution in [2.45, 2.75) is 31.8 Å². The van der Waals surface area contributed by atoms with E-state index in [2.05, 4.69) is 21.5 Å². The third kappa shape index (κ3) is 2.95. The van der Waals surface area contributed by atoms with Gasteiger partial charge in [-0.25, -0.2) is 0 Å². The lowest BCUT2D eigenvalue weighted by Gasteiger charge is -2.26. The summed E-state index contributed by atoms with van der Waals surface area (Å²) in [6, 6.07) is 8.05. The van der Waals surface area contributed by atoms with Gasteiger partial charge in [0.05, 0.1) is 6.04 Å². The highest BCUT2D eigenvalue weighted by molar-refractivity contribution is 5.76. The van der Waals surface area contributed by atoms with E-state index in [0.717, 1.165) is 24.8 Å². The zero-order chi connectivity index (χ0) is 15.5. The van der Waals surface area contributed by atoms with Gasteiger partial charge in [-0.3, -0.25) is 4.79 Å². The fourth-order valence-corrected chi connectivity index (χ4v) is 2.74. The summed E-state index contributed by atoms with van der Waals surface area (Å²) < 4.78 is 1.17. The highest BCUT2D eigenvalue weighted by atomic mass is 16.6. The minimum Gasteiger partial charge on any atom is -0.390 e. The van der Waals surface area contributed by atoms with Crippen molar-refractivity contribution in [1.29, 1.82) is 0 Å². The number of carbonyl (C=O) groups is 1. The quantitative estimate of drug-likeness (QED) is 0.678. The Bertz CT molecular complexity index is 712. The molecule has 1 aromatic carbocycles. The van der Waals surface area contributed by atoms with Gasteiger partial charge in [0.15, 0.2) is 0 Å². The maximum atomic E-state index is 12.1. The molecule has 0 fully saturated rings.